The number of aromatic nitrogens is 2. The van der Waals surface area contributed by atoms with Crippen LogP contribution in [0.1, 0.15) is 31.4 Å². The molecular formula is C18H35N7. The summed E-state index contributed by atoms with van der Waals surface area (Å²) in [6, 6.07) is 1.61. The van der Waals surface area contributed by atoms with Crippen molar-refractivity contribution in [2.24, 2.45) is 0 Å². The number of H-pyrrole nitrogens is 1. The summed E-state index contributed by atoms with van der Waals surface area (Å²) in [5, 5.41) is 18.3. The van der Waals surface area contributed by atoms with E-state index >= 15 is 0 Å². The highest BCUT2D eigenvalue weighted by molar-refractivity contribution is 4.99. The summed E-state index contributed by atoms with van der Waals surface area (Å²) in [6.45, 7) is 7.16. The van der Waals surface area contributed by atoms with Gasteiger partial charge in [-0.25, -0.2) is 4.98 Å². The minimum Gasteiger partial charge on any atom is -0.348 e. The van der Waals surface area contributed by atoms with Gasteiger partial charge in [0.15, 0.2) is 0 Å². The van der Waals surface area contributed by atoms with Gasteiger partial charge in [0.2, 0.25) is 0 Å². The van der Waals surface area contributed by atoms with E-state index in [1.807, 2.05) is 6.20 Å². The summed E-state index contributed by atoms with van der Waals surface area (Å²) >= 11 is 0. The van der Waals surface area contributed by atoms with E-state index in [1.165, 1.54) is 31.4 Å². The highest BCUT2D eigenvalue weighted by Gasteiger charge is 2.25. The zero-order chi connectivity index (χ0) is 17.2. The van der Waals surface area contributed by atoms with Gasteiger partial charge in [-0.1, -0.05) is 12.8 Å². The van der Waals surface area contributed by atoms with Gasteiger partial charge in [-0.15, -0.1) is 0 Å². The number of aromatic amines is 1. The Hall–Kier alpha value is -0.990. The molecule has 0 bridgehead atoms. The molecule has 3 atom stereocenters. The molecular weight excluding hydrogens is 314 g/mol. The number of rotatable bonds is 2. The van der Waals surface area contributed by atoms with E-state index in [2.05, 4.69) is 36.6 Å². The summed E-state index contributed by atoms with van der Waals surface area (Å²) in [5.41, 5.74) is 1.20. The number of nitrogens with one attached hydrogen (secondary N) is 6. The third kappa shape index (κ3) is 6.67. The molecule has 0 spiro atoms. The number of fused-ring (bicyclic) bond motifs is 1. The van der Waals surface area contributed by atoms with Crippen molar-refractivity contribution in [1.82, 2.24) is 36.6 Å². The molecule has 1 aromatic heterocycles. The summed E-state index contributed by atoms with van der Waals surface area (Å²) in [6.07, 6.45) is 9.96. The lowest BCUT2D eigenvalue weighted by Gasteiger charge is -2.34. The molecule has 1 aliphatic carbocycles. The summed E-state index contributed by atoms with van der Waals surface area (Å²) in [5.74, 6) is 0. The lowest BCUT2D eigenvalue weighted by Crippen LogP contribution is -2.54. The summed E-state index contributed by atoms with van der Waals surface area (Å²) in [7, 11) is 0. The standard InChI is InChI=1S/C18H35N7/c1-2-4-18-17(3-1)23-10-8-20-6-5-19-7-9-22-16(13-24-18)11-15-12-21-14-25-15/h12,14,16-20,22-24H,1-11,13H2,(H,21,25)/t16-,17-,18-/m1/s1. The second-order valence-corrected chi connectivity index (χ2v) is 7.29. The van der Waals surface area contributed by atoms with E-state index in [0.717, 1.165) is 52.2 Å². The Balaban J connectivity index is 1.56. The molecule has 2 fully saturated rings. The zero-order valence-electron chi connectivity index (χ0n) is 15.3. The minimum atomic E-state index is 0.424. The van der Waals surface area contributed by atoms with Gasteiger partial charge in [0.25, 0.3) is 0 Å². The van der Waals surface area contributed by atoms with Crippen LogP contribution in [0.4, 0.5) is 0 Å². The van der Waals surface area contributed by atoms with Crippen LogP contribution in [0, 0.1) is 0 Å². The summed E-state index contributed by atoms with van der Waals surface area (Å²) in [4.78, 5) is 7.39. The number of nitrogens with zero attached hydrogens (tertiary/aromatic N) is 1. The van der Waals surface area contributed by atoms with E-state index in [-0.39, 0.29) is 0 Å². The first-order valence-corrected chi connectivity index (χ1v) is 10.0. The zero-order valence-corrected chi connectivity index (χ0v) is 15.3. The van der Waals surface area contributed by atoms with Crippen molar-refractivity contribution in [3.05, 3.63) is 18.2 Å². The fourth-order valence-electron chi connectivity index (χ4n) is 3.93. The predicted molar refractivity (Wildman–Crippen MR) is 102 cm³/mol. The minimum absolute atomic E-state index is 0.424. The van der Waals surface area contributed by atoms with Gasteiger partial charge in [0.1, 0.15) is 0 Å². The van der Waals surface area contributed by atoms with E-state index in [4.69, 9.17) is 0 Å². The average molecular weight is 350 g/mol. The second-order valence-electron chi connectivity index (χ2n) is 7.29. The van der Waals surface area contributed by atoms with Crippen molar-refractivity contribution < 1.29 is 0 Å². The Morgan fingerprint density at radius 3 is 2.24 bits per heavy atom. The molecule has 6 N–H and O–H groups in total. The number of hydrogen-bond donors (Lipinski definition) is 6. The Bertz CT molecular complexity index is 450. The Morgan fingerprint density at radius 1 is 0.840 bits per heavy atom. The van der Waals surface area contributed by atoms with Crippen molar-refractivity contribution in [1.29, 1.82) is 0 Å². The molecule has 1 saturated heterocycles. The molecule has 25 heavy (non-hydrogen) atoms. The van der Waals surface area contributed by atoms with Gasteiger partial charge in [0, 0.05) is 82.3 Å². The van der Waals surface area contributed by atoms with Crippen molar-refractivity contribution in [3.63, 3.8) is 0 Å². The Kier molecular flexibility index (Phi) is 8.18. The highest BCUT2D eigenvalue weighted by atomic mass is 15.1. The van der Waals surface area contributed by atoms with Gasteiger partial charge in [0.05, 0.1) is 6.33 Å². The van der Waals surface area contributed by atoms with Gasteiger partial charge in [-0.3, -0.25) is 0 Å². The second kappa shape index (κ2) is 10.9. The molecule has 2 heterocycles. The van der Waals surface area contributed by atoms with Crippen molar-refractivity contribution in [2.45, 2.75) is 50.2 Å². The van der Waals surface area contributed by atoms with Gasteiger partial charge in [-0.2, -0.15) is 0 Å². The van der Waals surface area contributed by atoms with Crippen LogP contribution in [0.2, 0.25) is 0 Å². The molecule has 3 rings (SSSR count). The smallest absolute Gasteiger partial charge is 0.0921 e. The monoisotopic (exact) mass is 349 g/mol. The van der Waals surface area contributed by atoms with Crippen LogP contribution in [-0.4, -0.2) is 73.9 Å². The quantitative estimate of drug-likeness (QED) is 0.435. The van der Waals surface area contributed by atoms with Crippen LogP contribution in [0.5, 0.6) is 0 Å². The maximum Gasteiger partial charge on any atom is 0.0921 e. The normalized spacial score (nSPS) is 30.8. The van der Waals surface area contributed by atoms with Crippen LogP contribution in [0.3, 0.4) is 0 Å². The van der Waals surface area contributed by atoms with Crippen molar-refractivity contribution in [2.75, 3.05) is 45.8 Å². The lowest BCUT2D eigenvalue weighted by molar-refractivity contribution is 0.275. The fraction of sp³-hybridized carbons (Fsp3) is 0.833. The Morgan fingerprint density at radius 2 is 1.52 bits per heavy atom. The van der Waals surface area contributed by atoms with Gasteiger partial charge >= 0.3 is 0 Å². The van der Waals surface area contributed by atoms with E-state index in [0.29, 0.717) is 18.1 Å². The molecule has 0 radical (unpaired) electrons. The van der Waals surface area contributed by atoms with Crippen LogP contribution >= 0.6 is 0 Å². The van der Waals surface area contributed by atoms with Gasteiger partial charge < -0.3 is 31.6 Å². The maximum absolute atomic E-state index is 4.16. The lowest BCUT2D eigenvalue weighted by atomic mass is 9.90. The highest BCUT2D eigenvalue weighted by Crippen LogP contribution is 2.18. The third-order valence-electron chi connectivity index (χ3n) is 5.34. The fourth-order valence-corrected chi connectivity index (χ4v) is 3.93. The number of hydrogen-bond acceptors (Lipinski definition) is 6. The maximum atomic E-state index is 4.16. The molecule has 7 nitrogen and oxygen atoms in total. The SMILES string of the molecule is c1ncc(C[C@@H]2CN[C@@H]3CCCC[C@H]3NCCNCCNCCN2)[nH]1. The molecule has 0 aromatic carbocycles. The van der Waals surface area contributed by atoms with Crippen LogP contribution in [-0.2, 0) is 6.42 Å². The van der Waals surface area contributed by atoms with Crippen LogP contribution in [0.15, 0.2) is 12.5 Å². The molecule has 1 aromatic rings. The Labute approximate surface area is 151 Å². The summed E-state index contributed by atoms with van der Waals surface area (Å²) < 4.78 is 0. The predicted octanol–water partition coefficient (Wildman–Crippen LogP) is -0.406. The van der Waals surface area contributed by atoms with E-state index in [1.54, 1.807) is 6.33 Å². The first-order valence-electron chi connectivity index (χ1n) is 10.0. The largest absolute Gasteiger partial charge is 0.348 e. The van der Waals surface area contributed by atoms with Crippen molar-refractivity contribution in [3.8, 4) is 0 Å². The van der Waals surface area contributed by atoms with Crippen LogP contribution in [0.25, 0.3) is 0 Å². The van der Waals surface area contributed by atoms with Gasteiger partial charge in [-0.05, 0) is 12.8 Å². The first-order chi connectivity index (χ1) is 12.4. The molecule has 0 unspecified atom stereocenters. The third-order valence-corrected chi connectivity index (χ3v) is 5.34. The van der Waals surface area contributed by atoms with E-state index in [9.17, 15) is 0 Å². The van der Waals surface area contributed by atoms with Crippen LogP contribution < -0.4 is 26.6 Å². The molecule has 1 aliphatic heterocycles. The molecule has 2 aliphatic rings. The first kappa shape index (κ1) is 18.8. The average Bonchev–Trinajstić information content (AvgIpc) is 3.14. The molecule has 7 heteroatoms. The topological polar surface area (TPSA) is 88.8 Å². The molecule has 0 amide bonds. The molecule has 142 valence electrons. The molecule has 1 saturated carbocycles. The van der Waals surface area contributed by atoms with Crippen molar-refractivity contribution >= 4 is 0 Å². The van der Waals surface area contributed by atoms with E-state index < -0.39 is 0 Å². The number of imidazole rings is 1.